The van der Waals surface area contributed by atoms with Crippen LogP contribution in [0.1, 0.15) is 52.0 Å². The van der Waals surface area contributed by atoms with Crippen molar-refractivity contribution in [3.05, 3.63) is 52.4 Å². The van der Waals surface area contributed by atoms with Gasteiger partial charge >= 0.3 is 11.9 Å². The minimum absolute atomic E-state index is 0.231. The Hall–Kier alpha value is -3.09. The molecule has 0 amide bonds. The van der Waals surface area contributed by atoms with Crippen LogP contribution in [0.4, 0.5) is 0 Å². The first kappa shape index (κ1) is 23.6. The summed E-state index contributed by atoms with van der Waals surface area (Å²) in [5.74, 6) is -2.65. The van der Waals surface area contributed by atoms with Gasteiger partial charge in [-0.05, 0) is 38.7 Å². The molecular formula is C25H31NO6. The van der Waals surface area contributed by atoms with E-state index in [4.69, 9.17) is 14.2 Å². The van der Waals surface area contributed by atoms with Crippen molar-refractivity contribution in [1.29, 1.82) is 0 Å². The van der Waals surface area contributed by atoms with E-state index in [1.165, 1.54) is 7.11 Å². The summed E-state index contributed by atoms with van der Waals surface area (Å²) in [5, 5.41) is 3.26. The van der Waals surface area contributed by atoms with Crippen molar-refractivity contribution >= 4 is 17.7 Å². The second-order valence-electron chi connectivity index (χ2n) is 8.14. The summed E-state index contributed by atoms with van der Waals surface area (Å²) in [7, 11) is 1.28. The first-order valence-corrected chi connectivity index (χ1v) is 11.1. The van der Waals surface area contributed by atoms with Crippen LogP contribution in [-0.2, 0) is 23.9 Å². The van der Waals surface area contributed by atoms with Gasteiger partial charge in [0.2, 0.25) is 0 Å². The number of nitrogens with one attached hydrogen (secondary N) is 1. The summed E-state index contributed by atoms with van der Waals surface area (Å²) in [6, 6.07) is 7.36. The summed E-state index contributed by atoms with van der Waals surface area (Å²) in [6.07, 6.45) is 1.17. The summed E-state index contributed by atoms with van der Waals surface area (Å²) >= 11 is 0. The van der Waals surface area contributed by atoms with Gasteiger partial charge in [0.25, 0.3) is 0 Å². The fraction of sp³-hybridized carbons (Fsp3) is 0.480. The van der Waals surface area contributed by atoms with Gasteiger partial charge in [-0.25, -0.2) is 4.79 Å². The van der Waals surface area contributed by atoms with Crippen molar-refractivity contribution in [1.82, 2.24) is 5.32 Å². The van der Waals surface area contributed by atoms with Crippen molar-refractivity contribution in [3.8, 4) is 5.75 Å². The summed E-state index contributed by atoms with van der Waals surface area (Å²) in [4.78, 5) is 39.3. The minimum atomic E-state index is -0.923. The number of esters is 2. The Morgan fingerprint density at radius 3 is 2.56 bits per heavy atom. The van der Waals surface area contributed by atoms with Crippen LogP contribution in [0.15, 0.2) is 46.8 Å². The first-order chi connectivity index (χ1) is 15.3. The van der Waals surface area contributed by atoms with Crippen LogP contribution >= 0.6 is 0 Å². The topological polar surface area (TPSA) is 90.9 Å². The molecule has 0 spiro atoms. The van der Waals surface area contributed by atoms with Crippen LogP contribution in [0, 0.1) is 11.8 Å². The maximum atomic E-state index is 13.7. The van der Waals surface area contributed by atoms with E-state index >= 15 is 0 Å². The number of carbonyl (C=O) groups excluding carboxylic acids is 3. The third kappa shape index (κ3) is 4.29. The van der Waals surface area contributed by atoms with E-state index < -0.39 is 23.8 Å². The number of benzene rings is 1. The molecule has 1 aromatic carbocycles. The van der Waals surface area contributed by atoms with Crippen molar-refractivity contribution < 1.29 is 28.6 Å². The van der Waals surface area contributed by atoms with Crippen molar-refractivity contribution in [2.24, 2.45) is 11.8 Å². The number of hydrogen-bond acceptors (Lipinski definition) is 7. The zero-order valence-corrected chi connectivity index (χ0v) is 19.3. The zero-order chi connectivity index (χ0) is 23.4. The van der Waals surface area contributed by atoms with Crippen LogP contribution in [0.25, 0.3) is 0 Å². The third-order valence-corrected chi connectivity index (χ3v) is 5.93. The van der Waals surface area contributed by atoms with Gasteiger partial charge in [-0.1, -0.05) is 32.0 Å². The van der Waals surface area contributed by atoms with Gasteiger partial charge in [0.05, 0.1) is 31.8 Å². The van der Waals surface area contributed by atoms with Crippen molar-refractivity contribution in [3.63, 3.8) is 0 Å². The third-order valence-electron chi connectivity index (χ3n) is 5.93. The molecule has 1 heterocycles. The maximum Gasteiger partial charge on any atom is 0.336 e. The number of para-hydroxylation sites is 1. The SMILES string of the molecule is CCCOC(=O)C1=C(C)NC2=C(C(=O)[C@@H](C(=O)OC)[C@H](C)C2)[C@@H]1c1ccccc1OCC. The van der Waals surface area contributed by atoms with E-state index in [0.717, 1.165) is 5.70 Å². The highest BCUT2D eigenvalue weighted by Gasteiger charge is 2.47. The average molecular weight is 442 g/mol. The molecule has 3 rings (SSSR count). The normalized spacial score (nSPS) is 22.8. The van der Waals surface area contributed by atoms with Gasteiger partial charge in [0.15, 0.2) is 5.78 Å². The molecule has 0 fully saturated rings. The molecule has 1 aromatic rings. The smallest absolute Gasteiger partial charge is 0.336 e. The van der Waals surface area contributed by atoms with E-state index in [1.807, 2.05) is 52.0 Å². The monoisotopic (exact) mass is 441 g/mol. The molecule has 0 bridgehead atoms. The number of hydrogen-bond donors (Lipinski definition) is 1. The highest BCUT2D eigenvalue weighted by atomic mass is 16.5. The molecule has 7 heteroatoms. The maximum absolute atomic E-state index is 13.7. The Morgan fingerprint density at radius 1 is 1.19 bits per heavy atom. The molecule has 1 N–H and O–H groups in total. The fourth-order valence-corrected chi connectivity index (χ4v) is 4.54. The molecule has 32 heavy (non-hydrogen) atoms. The van der Waals surface area contributed by atoms with Gasteiger partial charge in [0, 0.05) is 22.5 Å². The number of Topliss-reactive ketones (excluding diaryl/α,β-unsaturated/α-hetero) is 1. The largest absolute Gasteiger partial charge is 0.494 e. The Bertz CT molecular complexity index is 976. The summed E-state index contributed by atoms with van der Waals surface area (Å²) in [6.45, 7) is 8.17. The molecule has 0 radical (unpaired) electrons. The number of ether oxygens (including phenoxy) is 3. The quantitative estimate of drug-likeness (QED) is 0.510. The minimum Gasteiger partial charge on any atom is -0.494 e. The van der Waals surface area contributed by atoms with Crippen LogP contribution in [-0.4, -0.2) is 38.0 Å². The lowest BCUT2D eigenvalue weighted by Crippen LogP contribution is -2.43. The lowest BCUT2D eigenvalue weighted by molar-refractivity contribution is -0.151. The lowest BCUT2D eigenvalue weighted by atomic mass is 9.69. The average Bonchev–Trinajstić information content (AvgIpc) is 2.77. The molecule has 2 aliphatic rings. The van der Waals surface area contributed by atoms with Crippen LogP contribution in [0.3, 0.4) is 0 Å². The lowest BCUT2D eigenvalue weighted by Gasteiger charge is -2.38. The zero-order valence-electron chi connectivity index (χ0n) is 19.3. The Kier molecular flexibility index (Phi) is 7.38. The Labute approximate surface area is 188 Å². The Morgan fingerprint density at radius 2 is 1.91 bits per heavy atom. The van der Waals surface area contributed by atoms with Gasteiger partial charge in [-0.2, -0.15) is 0 Å². The number of methoxy groups -OCH3 is 1. The van der Waals surface area contributed by atoms with Crippen molar-refractivity contribution in [2.45, 2.75) is 46.5 Å². The number of dihydropyridines is 1. The van der Waals surface area contributed by atoms with Gasteiger partial charge < -0.3 is 19.5 Å². The molecule has 0 saturated carbocycles. The van der Waals surface area contributed by atoms with Gasteiger partial charge in [0.1, 0.15) is 11.7 Å². The van der Waals surface area contributed by atoms with E-state index in [2.05, 4.69) is 5.32 Å². The highest BCUT2D eigenvalue weighted by molar-refractivity contribution is 6.12. The summed E-state index contributed by atoms with van der Waals surface area (Å²) < 4.78 is 16.3. The number of carbonyl (C=O) groups is 3. The molecular weight excluding hydrogens is 410 g/mol. The molecule has 1 aliphatic carbocycles. The summed E-state index contributed by atoms with van der Waals surface area (Å²) in [5.41, 5.74) is 2.81. The van der Waals surface area contributed by atoms with E-state index in [9.17, 15) is 14.4 Å². The van der Waals surface area contributed by atoms with Gasteiger partial charge in [-0.15, -0.1) is 0 Å². The van der Waals surface area contributed by atoms with E-state index in [0.29, 0.717) is 47.6 Å². The van der Waals surface area contributed by atoms with Crippen LogP contribution < -0.4 is 10.1 Å². The predicted octanol–water partition coefficient (Wildman–Crippen LogP) is 3.65. The first-order valence-electron chi connectivity index (χ1n) is 11.1. The van der Waals surface area contributed by atoms with Crippen molar-refractivity contribution in [2.75, 3.05) is 20.3 Å². The number of rotatable bonds is 7. The molecule has 1 aliphatic heterocycles. The second kappa shape index (κ2) is 10.0. The number of ketones is 1. The highest BCUT2D eigenvalue weighted by Crippen LogP contribution is 2.47. The number of allylic oxidation sites excluding steroid dienone is 3. The second-order valence-corrected chi connectivity index (χ2v) is 8.14. The van der Waals surface area contributed by atoms with Crippen LogP contribution in [0.2, 0.25) is 0 Å². The standard InChI is InChI=1S/C25H31NO6/c1-6-12-32-25(29)20-15(4)26-17-13-14(3)19(24(28)30-5)23(27)22(17)21(20)16-10-8-9-11-18(16)31-7-2/h8-11,14,19,21,26H,6-7,12-13H2,1-5H3/t14-,19+,21-/m1/s1. The molecule has 0 aromatic heterocycles. The predicted molar refractivity (Wildman–Crippen MR) is 119 cm³/mol. The molecule has 172 valence electrons. The van der Waals surface area contributed by atoms with Crippen LogP contribution in [0.5, 0.6) is 5.75 Å². The molecule has 0 unspecified atom stereocenters. The van der Waals surface area contributed by atoms with Gasteiger partial charge in [-0.3, -0.25) is 9.59 Å². The molecule has 3 atom stereocenters. The fourth-order valence-electron chi connectivity index (χ4n) is 4.54. The molecule has 0 saturated heterocycles. The molecule has 7 nitrogen and oxygen atoms in total. The Balaban J connectivity index is 2.21. The van der Waals surface area contributed by atoms with E-state index in [-0.39, 0.29) is 18.3 Å². The van der Waals surface area contributed by atoms with E-state index in [1.54, 1.807) is 0 Å².